The zero-order valence-electron chi connectivity index (χ0n) is 25.4. The molecule has 1 amide bonds. The Morgan fingerprint density at radius 3 is 2.09 bits per heavy atom. The van der Waals surface area contributed by atoms with Crippen molar-refractivity contribution in [1.29, 1.82) is 0 Å². The van der Waals surface area contributed by atoms with Crippen molar-refractivity contribution in [2.24, 2.45) is 0 Å². The van der Waals surface area contributed by atoms with Crippen LogP contribution in [0.5, 0.6) is 0 Å². The summed E-state index contributed by atoms with van der Waals surface area (Å²) in [6.45, 7) is 4.06. The number of nitrogens with one attached hydrogen (secondary N) is 1. The van der Waals surface area contributed by atoms with Crippen LogP contribution in [0.2, 0.25) is 0 Å². The second kappa shape index (κ2) is 12.3. The molecule has 228 valence electrons. The van der Waals surface area contributed by atoms with Crippen LogP contribution in [0, 0.1) is 0 Å². The highest BCUT2D eigenvalue weighted by Gasteiger charge is 2.49. The largest absolute Gasteiger partial charge is 0.345 e. The van der Waals surface area contributed by atoms with Crippen molar-refractivity contribution in [3.63, 3.8) is 0 Å². The van der Waals surface area contributed by atoms with Crippen molar-refractivity contribution in [2.75, 3.05) is 13.1 Å². The van der Waals surface area contributed by atoms with Crippen LogP contribution in [0.3, 0.4) is 0 Å². The number of benzene rings is 3. The predicted octanol–water partition coefficient (Wildman–Crippen LogP) is 6.52. The number of carbonyl (C=O) groups is 1. The molecule has 2 aliphatic heterocycles. The molecule has 0 bridgehead atoms. The molecule has 4 aromatic rings. The first-order chi connectivity index (χ1) is 21.5. The zero-order chi connectivity index (χ0) is 30.1. The molecule has 2 saturated heterocycles. The van der Waals surface area contributed by atoms with E-state index in [1.54, 1.807) is 4.57 Å². The topological polar surface area (TPSA) is 72.8 Å². The number of aromatic nitrogens is 1. The van der Waals surface area contributed by atoms with Crippen molar-refractivity contribution in [2.45, 2.75) is 82.5 Å². The standard InChI is InChI=1S/C37H41N3O4/c1-2-30(26-13-5-3-6-14-26)38-35(41)34-28-17-9-10-18-29(28)36(42)40(27-15-7-4-8-16-27)31(34)25-39-23-21-37(22-24-39)43-32-19-11-12-20-33(32)44-37/h3-10,13-18,30,32-33H,2,11-12,19-25H2,1H3,(H,38,41)/t30?,32-,33?/m0/s1. The van der Waals surface area contributed by atoms with E-state index >= 15 is 0 Å². The van der Waals surface area contributed by atoms with Crippen LogP contribution in [-0.2, 0) is 16.0 Å². The van der Waals surface area contributed by atoms with Crippen LogP contribution in [0.1, 0.15) is 79.5 Å². The highest BCUT2D eigenvalue weighted by atomic mass is 16.8. The fourth-order valence-electron chi connectivity index (χ4n) is 7.40. The fraction of sp³-hybridized carbons (Fsp3) is 0.405. The second-order valence-electron chi connectivity index (χ2n) is 12.5. The Hall–Kier alpha value is -3.78. The number of nitrogens with zero attached hydrogens (tertiary/aromatic N) is 2. The average molecular weight is 592 g/mol. The number of pyridine rings is 1. The van der Waals surface area contributed by atoms with Gasteiger partial charge in [-0.3, -0.25) is 19.1 Å². The smallest absolute Gasteiger partial charge is 0.263 e. The molecule has 3 aromatic carbocycles. The fourth-order valence-corrected chi connectivity index (χ4v) is 7.40. The van der Waals surface area contributed by atoms with E-state index in [2.05, 4.69) is 17.1 Å². The summed E-state index contributed by atoms with van der Waals surface area (Å²) in [5.74, 6) is -0.681. The van der Waals surface area contributed by atoms with Gasteiger partial charge >= 0.3 is 0 Å². The highest BCUT2D eigenvalue weighted by molar-refractivity contribution is 6.08. The molecule has 1 aliphatic carbocycles. The number of hydrogen-bond donors (Lipinski definition) is 1. The third-order valence-corrected chi connectivity index (χ3v) is 9.71. The molecule has 3 heterocycles. The highest BCUT2D eigenvalue weighted by Crippen LogP contribution is 2.42. The molecule has 1 N–H and O–H groups in total. The maximum Gasteiger partial charge on any atom is 0.263 e. The Morgan fingerprint density at radius 2 is 1.45 bits per heavy atom. The molecule has 3 atom stereocenters. The Labute approximate surface area is 258 Å². The quantitative estimate of drug-likeness (QED) is 0.265. The first-order valence-corrected chi connectivity index (χ1v) is 16.2. The maximum absolute atomic E-state index is 14.4. The number of piperidine rings is 1. The Kier molecular flexibility index (Phi) is 8.10. The van der Waals surface area contributed by atoms with Crippen molar-refractivity contribution in [3.8, 4) is 5.69 Å². The van der Waals surface area contributed by atoms with E-state index in [4.69, 9.17) is 9.47 Å². The molecule has 7 rings (SSSR count). The molecular weight excluding hydrogens is 550 g/mol. The van der Waals surface area contributed by atoms with Crippen LogP contribution >= 0.6 is 0 Å². The zero-order valence-corrected chi connectivity index (χ0v) is 25.4. The van der Waals surface area contributed by atoms with E-state index in [1.807, 2.05) is 84.9 Å². The Morgan fingerprint density at radius 1 is 0.864 bits per heavy atom. The van der Waals surface area contributed by atoms with Crippen LogP contribution < -0.4 is 10.9 Å². The molecule has 0 radical (unpaired) electrons. The number of rotatable bonds is 7. The third-order valence-electron chi connectivity index (χ3n) is 9.71. The molecule has 7 heteroatoms. The molecule has 7 nitrogen and oxygen atoms in total. The first kappa shape index (κ1) is 29.0. The predicted molar refractivity (Wildman–Crippen MR) is 172 cm³/mol. The summed E-state index contributed by atoms with van der Waals surface area (Å²) in [6, 6.07) is 27.1. The van der Waals surface area contributed by atoms with Gasteiger partial charge in [0.15, 0.2) is 5.79 Å². The van der Waals surface area contributed by atoms with E-state index in [9.17, 15) is 9.59 Å². The normalized spacial score (nSPS) is 22.1. The van der Waals surface area contributed by atoms with Gasteiger partial charge in [0.05, 0.1) is 29.5 Å². The number of fused-ring (bicyclic) bond motifs is 2. The van der Waals surface area contributed by atoms with Gasteiger partial charge < -0.3 is 14.8 Å². The van der Waals surface area contributed by atoms with Gasteiger partial charge in [0.25, 0.3) is 11.5 Å². The molecule has 3 aliphatic rings. The van der Waals surface area contributed by atoms with Crippen LogP contribution in [0.25, 0.3) is 16.5 Å². The molecule has 1 aromatic heterocycles. The van der Waals surface area contributed by atoms with Gasteiger partial charge in [0.2, 0.25) is 0 Å². The van der Waals surface area contributed by atoms with E-state index in [0.29, 0.717) is 28.6 Å². The summed E-state index contributed by atoms with van der Waals surface area (Å²) < 4.78 is 14.9. The van der Waals surface area contributed by atoms with Crippen molar-refractivity contribution in [1.82, 2.24) is 14.8 Å². The van der Waals surface area contributed by atoms with E-state index < -0.39 is 5.79 Å². The summed E-state index contributed by atoms with van der Waals surface area (Å²) in [5, 5.41) is 4.54. The van der Waals surface area contributed by atoms with Gasteiger partial charge in [-0.25, -0.2) is 0 Å². The molecule has 2 unspecified atom stereocenters. The lowest BCUT2D eigenvalue weighted by atomic mass is 9.95. The van der Waals surface area contributed by atoms with Crippen LogP contribution in [0.15, 0.2) is 89.7 Å². The summed E-state index contributed by atoms with van der Waals surface area (Å²) in [6.07, 6.45) is 7.30. The lowest BCUT2D eigenvalue weighted by Crippen LogP contribution is -2.46. The molecule has 1 spiro atoms. The van der Waals surface area contributed by atoms with E-state index in [1.165, 1.54) is 12.8 Å². The number of para-hydroxylation sites is 1. The van der Waals surface area contributed by atoms with Gasteiger partial charge in [0.1, 0.15) is 0 Å². The summed E-state index contributed by atoms with van der Waals surface area (Å²) in [5.41, 5.74) is 2.95. The Balaban J connectivity index is 1.27. The van der Waals surface area contributed by atoms with E-state index in [-0.39, 0.29) is 29.7 Å². The minimum atomic E-state index is -0.511. The van der Waals surface area contributed by atoms with Crippen molar-refractivity contribution < 1.29 is 14.3 Å². The lowest BCUT2D eigenvalue weighted by Gasteiger charge is -2.38. The first-order valence-electron chi connectivity index (χ1n) is 16.2. The lowest BCUT2D eigenvalue weighted by molar-refractivity contribution is -0.201. The number of carbonyl (C=O) groups excluding carboxylic acids is 1. The Bertz CT molecular complexity index is 1660. The monoisotopic (exact) mass is 591 g/mol. The SMILES string of the molecule is CCC(NC(=O)c1c(CN2CCC3(CC2)OC2CCCC[C@@H]2O3)n(-c2ccccc2)c(=O)c2ccccc12)c1ccccc1. The minimum absolute atomic E-state index is 0.117. The molecule has 1 saturated carbocycles. The summed E-state index contributed by atoms with van der Waals surface area (Å²) in [4.78, 5) is 31.0. The van der Waals surface area contributed by atoms with Crippen molar-refractivity contribution >= 4 is 16.7 Å². The molecule has 3 fully saturated rings. The molecule has 44 heavy (non-hydrogen) atoms. The molecular formula is C37H41N3O4. The van der Waals surface area contributed by atoms with Crippen molar-refractivity contribution in [3.05, 3.63) is 112 Å². The van der Waals surface area contributed by atoms with Gasteiger partial charge in [0, 0.05) is 48.9 Å². The number of likely N-dealkylation sites (tertiary alicyclic amines) is 1. The second-order valence-corrected chi connectivity index (χ2v) is 12.5. The van der Waals surface area contributed by atoms with Gasteiger partial charge in [-0.2, -0.15) is 0 Å². The number of ether oxygens (including phenoxy) is 2. The summed E-state index contributed by atoms with van der Waals surface area (Å²) >= 11 is 0. The van der Waals surface area contributed by atoms with Gasteiger partial charge in [-0.1, -0.05) is 86.5 Å². The van der Waals surface area contributed by atoms with E-state index in [0.717, 1.165) is 56.4 Å². The van der Waals surface area contributed by atoms with Crippen LogP contribution in [-0.4, -0.2) is 46.5 Å². The number of amides is 1. The maximum atomic E-state index is 14.4. The average Bonchev–Trinajstić information content (AvgIpc) is 3.43. The van der Waals surface area contributed by atoms with Crippen LogP contribution in [0.4, 0.5) is 0 Å². The summed E-state index contributed by atoms with van der Waals surface area (Å²) in [7, 11) is 0. The minimum Gasteiger partial charge on any atom is -0.345 e. The van der Waals surface area contributed by atoms with Gasteiger partial charge in [-0.05, 0) is 43.0 Å². The number of hydrogen-bond acceptors (Lipinski definition) is 5. The third kappa shape index (κ3) is 5.49. The van der Waals surface area contributed by atoms with Gasteiger partial charge in [-0.15, -0.1) is 0 Å².